The van der Waals surface area contributed by atoms with Crippen LogP contribution in [0.1, 0.15) is 15.9 Å². The topological polar surface area (TPSA) is 69.7 Å². The van der Waals surface area contributed by atoms with Crippen LogP contribution in [-0.4, -0.2) is 56.0 Å². The number of hydrogen-bond donors (Lipinski definition) is 1. The van der Waals surface area contributed by atoms with E-state index < -0.39 is 10.0 Å². The SMILES string of the molecule is CS(=O)(=O)N1CCN(Cc2cccc(C(=O)Nc3cc(Cl)c(Cl)cc3Cl)c2)CC1. The van der Waals surface area contributed by atoms with Crippen molar-refractivity contribution in [3.8, 4) is 0 Å². The van der Waals surface area contributed by atoms with Gasteiger partial charge in [0.1, 0.15) is 0 Å². The molecule has 156 valence electrons. The molecule has 10 heteroatoms. The number of piperazine rings is 1. The van der Waals surface area contributed by atoms with Gasteiger partial charge in [-0.1, -0.05) is 46.9 Å². The van der Waals surface area contributed by atoms with Gasteiger partial charge in [-0.25, -0.2) is 8.42 Å². The highest BCUT2D eigenvalue weighted by atomic mass is 35.5. The Bertz CT molecular complexity index is 1020. The summed E-state index contributed by atoms with van der Waals surface area (Å²) in [7, 11) is -3.15. The second-order valence-corrected chi connectivity index (χ2v) is 10.0. The Balaban J connectivity index is 1.65. The minimum atomic E-state index is -3.15. The minimum Gasteiger partial charge on any atom is -0.321 e. The molecule has 3 rings (SSSR count). The van der Waals surface area contributed by atoms with E-state index in [0.29, 0.717) is 59.0 Å². The molecule has 0 unspecified atom stereocenters. The molecule has 2 aromatic rings. The molecular weight excluding hydrogens is 457 g/mol. The van der Waals surface area contributed by atoms with Gasteiger partial charge in [0.2, 0.25) is 10.0 Å². The van der Waals surface area contributed by atoms with Crippen molar-refractivity contribution < 1.29 is 13.2 Å². The Kier molecular flexibility index (Phi) is 7.09. The largest absolute Gasteiger partial charge is 0.321 e. The van der Waals surface area contributed by atoms with Crippen molar-refractivity contribution in [2.45, 2.75) is 6.54 Å². The molecular formula is C19H20Cl3N3O3S. The molecule has 1 fully saturated rings. The molecule has 0 aromatic heterocycles. The monoisotopic (exact) mass is 475 g/mol. The zero-order chi connectivity index (χ0) is 21.2. The molecule has 0 bridgehead atoms. The number of sulfonamides is 1. The zero-order valence-electron chi connectivity index (χ0n) is 15.7. The van der Waals surface area contributed by atoms with E-state index in [4.69, 9.17) is 34.8 Å². The molecule has 1 saturated heterocycles. The van der Waals surface area contributed by atoms with Crippen molar-refractivity contribution in [2.24, 2.45) is 0 Å². The van der Waals surface area contributed by atoms with E-state index in [1.54, 1.807) is 6.07 Å². The predicted octanol–water partition coefficient (Wildman–Crippen LogP) is 3.98. The predicted molar refractivity (Wildman–Crippen MR) is 118 cm³/mol. The number of carbonyl (C=O) groups is 1. The van der Waals surface area contributed by atoms with Crippen LogP contribution in [0, 0.1) is 0 Å². The lowest BCUT2D eigenvalue weighted by Gasteiger charge is -2.33. The lowest BCUT2D eigenvalue weighted by atomic mass is 10.1. The van der Waals surface area contributed by atoms with Gasteiger partial charge in [0.25, 0.3) is 5.91 Å². The number of carbonyl (C=O) groups excluding carboxylic acids is 1. The Morgan fingerprint density at radius 2 is 1.66 bits per heavy atom. The average molecular weight is 477 g/mol. The highest BCUT2D eigenvalue weighted by Gasteiger charge is 2.23. The fourth-order valence-corrected chi connectivity index (χ4v) is 4.52. The number of halogens is 3. The maximum Gasteiger partial charge on any atom is 0.255 e. The minimum absolute atomic E-state index is 0.299. The Morgan fingerprint density at radius 1 is 1.00 bits per heavy atom. The lowest BCUT2D eigenvalue weighted by molar-refractivity contribution is 0.102. The highest BCUT2D eigenvalue weighted by molar-refractivity contribution is 7.88. The van der Waals surface area contributed by atoms with Crippen LogP contribution in [0.2, 0.25) is 15.1 Å². The molecule has 0 saturated carbocycles. The van der Waals surface area contributed by atoms with Crippen molar-refractivity contribution in [1.82, 2.24) is 9.21 Å². The molecule has 1 aliphatic rings. The number of anilines is 1. The van der Waals surface area contributed by atoms with Crippen LogP contribution in [0.4, 0.5) is 5.69 Å². The molecule has 0 aliphatic carbocycles. The van der Waals surface area contributed by atoms with Crippen molar-refractivity contribution >= 4 is 56.4 Å². The summed E-state index contributed by atoms with van der Waals surface area (Å²) in [5.74, 6) is -0.311. The van der Waals surface area contributed by atoms with E-state index in [1.807, 2.05) is 18.2 Å². The first-order valence-corrected chi connectivity index (χ1v) is 11.8. The van der Waals surface area contributed by atoms with Gasteiger partial charge in [-0.3, -0.25) is 9.69 Å². The number of nitrogens with one attached hydrogen (secondary N) is 1. The number of nitrogens with zero attached hydrogens (tertiary/aromatic N) is 2. The molecule has 1 aliphatic heterocycles. The van der Waals surface area contributed by atoms with E-state index >= 15 is 0 Å². The summed E-state index contributed by atoms with van der Waals surface area (Å²) >= 11 is 18.0. The van der Waals surface area contributed by atoms with Gasteiger partial charge in [0.15, 0.2) is 0 Å². The summed E-state index contributed by atoms with van der Waals surface area (Å²) in [6, 6.07) is 10.3. The van der Waals surface area contributed by atoms with Gasteiger partial charge < -0.3 is 5.32 Å². The second kappa shape index (κ2) is 9.20. The van der Waals surface area contributed by atoms with Crippen LogP contribution in [0.5, 0.6) is 0 Å². The first-order chi connectivity index (χ1) is 13.6. The molecule has 1 N–H and O–H groups in total. The maximum atomic E-state index is 12.6. The van der Waals surface area contributed by atoms with Crippen LogP contribution in [-0.2, 0) is 16.6 Å². The summed E-state index contributed by atoms with van der Waals surface area (Å²) in [5, 5.41) is 3.66. The normalized spacial score (nSPS) is 16.0. The Morgan fingerprint density at radius 3 is 2.31 bits per heavy atom. The van der Waals surface area contributed by atoms with E-state index in [2.05, 4.69) is 10.2 Å². The van der Waals surface area contributed by atoms with Gasteiger partial charge in [-0.15, -0.1) is 0 Å². The van der Waals surface area contributed by atoms with Gasteiger partial charge in [-0.05, 0) is 29.8 Å². The van der Waals surface area contributed by atoms with Crippen LogP contribution < -0.4 is 5.32 Å². The number of benzene rings is 2. The number of amides is 1. The van der Waals surface area contributed by atoms with Crippen molar-refractivity contribution in [3.05, 3.63) is 62.6 Å². The highest BCUT2D eigenvalue weighted by Crippen LogP contribution is 2.32. The molecule has 1 amide bonds. The molecule has 0 radical (unpaired) electrons. The average Bonchev–Trinajstić information content (AvgIpc) is 2.66. The van der Waals surface area contributed by atoms with Crippen molar-refractivity contribution in [1.29, 1.82) is 0 Å². The molecule has 0 spiro atoms. The number of rotatable bonds is 5. The first kappa shape index (κ1) is 22.3. The lowest BCUT2D eigenvalue weighted by Crippen LogP contribution is -2.47. The van der Waals surface area contributed by atoms with E-state index in [1.165, 1.54) is 22.7 Å². The fraction of sp³-hybridized carbons (Fsp3) is 0.316. The summed E-state index contributed by atoms with van der Waals surface area (Å²) in [6.45, 7) is 2.85. The third kappa shape index (κ3) is 5.84. The van der Waals surface area contributed by atoms with Crippen LogP contribution >= 0.6 is 34.8 Å². The van der Waals surface area contributed by atoms with E-state index in [9.17, 15) is 13.2 Å². The van der Waals surface area contributed by atoms with Crippen LogP contribution in [0.25, 0.3) is 0 Å². The van der Waals surface area contributed by atoms with Gasteiger partial charge >= 0.3 is 0 Å². The Hall–Kier alpha value is -1.35. The molecule has 2 aromatic carbocycles. The van der Waals surface area contributed by atoms with Gasteiger partial charge in [0.05, 0.1) is 27.0 Å². The molecule has 29 heavy (non-hydrogen) atoms. The molecule has 1 heterocycles. The van der Waals surface area contributed by atoms with E-state index in [0.717, 1.165) is 5.56 Å². The second-order valence-electron chi connectivity index (χ2n) is 6.84. The van der Waals surface area contributed by atoms with Crippen LogP contribution in [0.15, 0.2) is 36.4 Å². The molecule has 6 nitrogen and oxygen atoms in total. The Labute approximate surface area is 185 Å². The third-order valence-electron chi connectivity index (χ3n) is 4.65. The summed E-state index contributed by atoms with van der Waals surface area (Å²) in [4.78, 5) is 14.8. The number of hydrogen-bond acceptors (Lipinski definition) is 4. The van der Waals surface area contributed by atoms with Gasteiger partial charge in [0, 0.05) is 38.3 Å². The van der Waals surface area contributed by atoms with Crippen LogP contribution in [0.3, 0.4) is 0 Å². The summed E-state index contributed by atoms with van der Waals surface area (Å²) < 4.78 is 24.7. The maximum absolute atomic E-state index is 12.6. The smallest absolute Gasteiger partial charge is 0.255 e. The third-order valence-corrected chi connectivity index (χ3v) is 6.99. The molecule has 0 atom stereocenters. The summed E-state index contributed by atoms with van der Waals surface area (Å²) in [5.41, 5.74) is 1.83. The summed E-state index contributed by atoms with van der Waals surface area (Å²) in [6.07, 6.45) is 1.23. The fourth-order valence-electron chi connectivity index (χ4n) is 3.10. The first-order valence-electron chi connectivity index (χ1n) is 8.86. The van der Waals surface area contributed by atoms with Crippen molar-refractivity contribution in [3.63, 3.8) is 0 Å². The zero-order valence-corrected chi connectivity index (χ0v) is 18.7. The van der Waals surface area contributed by atoms with Gasteiger partial charge in [-0.2, -0.15) is 4.31 Å². The standard InChI is InChI=1S/C19H20Cl3N3O3S/c1-29(27,28)25-7-5-24(6-8-25)12-13-3-2-4-14(9-13)19(26)23-18-11-16(21)15(20)10-17(18)22/h2-4,9-11H,5-8,12H2,1H3,(H,23,26). The van der Waals surface area contributed by atoms with Crippen molar-refractivity contribution in [2.75, 3.05) is 37.8 Å². The quantitative estimate of drug-likeness (QED) is 0.663. The van der Waals surface area contributed by atoms with E-state index in [-0.39, 0.29) is 5.91 Å².